The van der Waals surface area contributed by atoms with Crippen LogP contribution in [0.2, 0.25) is 0 Å². The molecular formula is C29H30O7. The Morgan fingerprint density at radius 2 is 1.69 bits per heavy atom. The van der Waals surface area contributed by atoms with Crippen molar-refractivity contribution in [3.63, 3.8) is 0 Å². The summed E-state index contributed by atoms with van der Waals surface area (Å²) in [6.07, 6.45) is 0.463. The Hall–Kier alpha value is -3.71. The Kier molecular flexibility index (Phi) is 5.83. The number of hydrogen-bond donors (Lipinski definition) is 2. The third kappa shape index (κ3) is 3.05. The van der Waals surface area contributed by atoms with Gasteiger partial charge in [-0.05, 0) is 29.7 Å². The second-order valence-corrected chi connectivity index (χ2v) is 9.31. The van der Waals surface area contributed by atoms with Crippen LogP contribution in [-0.2, 0) is 20.7 Å². The van der Waals surface area contributed by atoms with Crippen molar-refractivity contribution in [2.45, 2.75) is 30.5 Å². The van der Waals surface area contributed by atoms with Crippen LogP contribution in [0.1, 0.15) is 36.0 Å². The van der Waals surface area contributed by atoms with Crippen molar-refractivity contribution in [2.75, 3.05) is 21.3 Å². The van der Waals surface area contributed by atoms with Crippen molar-refractivity contribution in [1.29, 1.82) is 0 Å². The van der Waals surface area contributed by atoms with Crippen LogP contribution in [0.15, 0.2) is 66.7 Å². The second-order valence-electron chi connectivity index (χ2n) is 9.31. The largest absolute Gasteiger partial charge is 0.508 e. The van der Waals surface area contributed by atoms with Gasteiger partial charge < -0.3 is 29.2 Å². The molecule has 188 valence electrons. The van der Waals surface area contributed by atoms with E-state index in [1.165, 1.54) is 26.4 Å². The first-order valence-electron chi connectivity index (χ1n) is 12.0. The average molecular weight is 491 g/mol. The third-order valence-electron chi connectivity index (χ3n) is 7.85. The number of phenols is 1. The zero-order chi connectivity index (χ0) is 25.7. The van der Waals surface area contributed by atoms with Gasteiger partial charge in [0.2, 0.25) is 0 Å². The number of carbonyl (C=O) groups excluding carboxylic acids is 1. The lowest BCUT2D eigenvalue weighted by molar-refractivity contribution is -0.150. The van der Waals surface area contributed by atoms with E-state index in [1.807, 2.05) is 49.4 Å². The second kappa shape index (κ2) is 8.75. The molecule has 5 rings (SSSR count). The number of fused-ring (bicyclic) bond motifs is 3. The predicted octanol–water partition coefficient (Wildman–Crippen LogP) is 4.50. The zero-order valence-corrected chi connectivity index (χ0v) is 20.7. The van der Waals surface area contributed by atoms with Gasteiger partial charge in [0.05, 0.1) is 32.8 Å². The molecule has 3 aromatic carbocycles. The highest BCUT2D eigenvalue weighted by molar-refractivity contribution is 5.78. The first-order valence-corrected chi connectivity index (χ1v) is 12.0. The molecule has 1 aliphatic heterocycles. The Morgan fingerprint density at radius 1 is 1.00 bits per heavy atom. The van der Waals surface area contributed by atoms with Gasteiger partial charge in [-0.1, -0.05) is 49.4 Å². The number of esters is 1. The zero-order valence-electron chi connectivity index (χ0n) is 20.7. The first-order chi connectivity index (χ1) is 17.4. The molecule has 0 spiro atoms. The van der Waals surface area contributed by atoms with Gasteiger partial charge >= 0.3 is 5.97 Å². The van der Waals surface area contributed by atoms with E-state index in [0.29, 0.717) is 34.8 Å². The minimum atomic E-state index is -1.69. The smallest absolute Gasteiger partial charge is 0.309 e. The maximum absolute atomic E-state index is 13.5. The number of carbonyl (C=O) groups is 1. The SMILES string of the molecule is CC[C@@H]1[C@H](C(=O)OC)[C@@H](c2ccccc2)[C@]2(c3ccc(OC)cc3)Oc3cc(O)cc(OC)c3[C@]12O. The molecule has 0 amide bonds. The van der Waals surface area contributed by atoms with Crippen LogP contribution < -0.4 is 14.2 Å². The number of benzene rings is 3. The molecule has 36 heavy (non-hydrogen) atoms. The van der Waals surface area contributed by atoms with Crippen LogP contribution in [0.4, 0.5) is 0 Å². The van der Waals surface area contributed by atoms with Crippen LogP contribution in [-0.4, -0.2) is 37.5 Å². The highest BCUT2D eigenvalue weighted by atomic mass is 16.5. The highest BCUT2D eigenvalue weighted by Gasteiger charge is 2.77. The number of phenolic OH excluding ortho intramolecular Hbond substituents is 1. The van der Waals surface area contributed by atoms with Gasteiger partial charge in [-0.25, -0.2) is 0 Å². The van der Waals surface area contributed by atoms with E-state index in [2.05, 4.69) is 0 Å². The van der Waals surface area contributed by atoms with Crippen molar-refractivity contribution in [2.24, 2.45) is 11.8 Å². The molecule has 2 aliphatic rings. The average Bonchev–Trinajstić information content (AvgIpc) is 3.29. The van der Waals surface area contributed by atoms with E-state index >= 15 is 0 Å². The van der Waals surface area contributed by atoms with Gasteiger partial charge in [-0.15, -0.1) is 0 Å². The van der Waals surface area contributed by atoms with Gasteiger partial charge in [0.15, 0.2) is 5.60 Å². The van der Waals surface area contributed by atoms with Gasteiger partial charge in [0.1, 0.15) is 28.6 Å². The van der Waals surface area contributed by atoms with E-state index < -0.39 is 34.9 Å². The number of aromatic hydroxyl groups is 1. The molecule has 3 aromatic rings. The van der Waals surface area contributed by atoms with Gasteiger partial charge in [0, 0.05) is 24.0 Å². The number of aliphatic hydroxyl groups is 1. The van der Waals surface area contributed by atoms with Crippen molar-refractivity contribution >= 4 is 5.97 Å². The summed E-state index contributed by atoms with van der Waals surface area (Å²) in [5, 5.41) is 23.4. The molecule has 0 saturated heterocycles. The topological polar surface area (TPSA) is 94.5 Å². The molecule has 1 aliphatic carbocycles. The molecule has 0 unspecified atom stereocenters. The molecule has 7 heteroatoms. The lowest BCUT2D eigenvalue weighted by Crippen LogP contribution is -2.50. The molecule has 1 heterocycles. The van der Waals surface area contributed by atoms with Crippen LogP contribution in [0.25, 0.3) is 0 Å². The number of ether oxygens (including phenoxy) is 4. The Bertz CT molecular complexity index is 1270. The standard InChI is InChI=1S/C29H30O7/c1-5-21-24(27(31)35-4)25(17-9-7-6-8-10-17)29(18-11-13-20(33-2)14-12-18)28(21,32)26-22(34-3)15-19(30)16-23(26)36-29/h6-16,21,24-25,30,32H,5H2,1-4H3/t21-,24+,25-,28-,29+/m1/s1. The van der Waals surface area contributed by atoms with E-state index in [1.54, 1.807) is 19.2 Å². The van der Waals surface area contributed by atoms with Crippen LogP contribution >= 0.6 is 0 Å². The van der Waals surface area contributed by atoms with Crippen molar-refractivity contribution < 1.29 is 34.0 Å². The molecule has 0 radical (unpaired) electrons. The molecular weight excluding hydrogens is 460 g/mol. The Balaban J connectivity index is 1.90. The molecule has 1 fully saturated rings. The maximum Gasteiger partial charge on any atom is 0.309 e. The first kappa shape index (κ1) is 24.0. The minimum Gasteiger partial charge on any atom is -0.508 e. The maximum atomic E-state index is 13.5. The van der Waals surface area contributed by atoms with Crippen LogP contribution in [0.3, 0.4) is 0 Å². The molecule has 7 nitrogen and oxygen atoms in total. The summed E-state index contributed by atoms with van der Waals surface area (Å²) in [6, 6.07) is 19.8. The quantitative estimate of drug-likeness (QED) is 0.492. The lowest BCUT2D eigenvalue weighted by Gasteiger charge is -2.41. The fourth-order valence-corrected chi connectivity index (χ4v) is 6.52. The summed E-state index contributed by atoms with van der Waals surface area (Å²) >= 11 is 0. The predicted molar refractivity (Wildman–Crippen MR) is 132 cm³/mol. The van der Waals surface area contributed by atoms with Gasteiger partial charge in [0.25, 0.3) is 0 Å². The fourth-order valence-electron chi connectivity index (χ4n) is 6.52. The minimum absolute atomic E-state index is 0.0483. The summed E-state index contributed by atoms with van der Waals surface area (Å²) in [6.45, 7) is 1.94. The molecule has 2 N–H and O–H groups in total. The third-order valence-corrected chi connectivity index (χ3v) is 7.85. The van der Waals surface area contributed by atoms with E-state index in [4.69, 9.17) is 18.9 Å². The normalized spacial score (nSPS) is 28.1. The summed E-state index contributed by atoms with van der Waals surface area (Å²) in [5.41, 5.74) is -1.21. The Labute approximate surface area is 210 Å². The molecule has 5 atom stereocenters. The van der Waals surface area contributed by atoms with Crippen molar-refractivity contribution in [1.82, 2.24) is 0 Å². The number of rotatable bonds is 6. The number of methoxy groups -OCH3 is 3. The van der Waals surface area contributed by atoms with Gasteiger partial charge in [-0.2, -0.15) is 0 Å². The van der Waals surface area contributed by atoms with Crippen LogP contribution in [0, 0.1) is 11.8 Å². The molecule has 1 saturated carbocycles. The van der Waals surface area contributed by atoms with Crippen molar-refractivity contribution in [3.05, 3.63) is 83.4 Å². The highest BCUT2D eigenvalue weighted by Crippen LogP contribution is 2.72. The fraction of sp³-hybridized carbons (Fsp3) is 0.345. The van der Waals surface area contributed by atoms with Crippen LogP contribution in [0.5, 0.6) is 23.0 Å². The summed E-state index contributed by atoms with van der Waals surface area (Å²) in [5.74, 6) is -1.14. The molecule has 0 aromatic heterocycles. The summed E-state index contributed by atoms with van der Waals surface area (Å²) < 4.78 is 23.1. The summed E-state index contributed by atoms with van der Waals surface area (Å²) in [7, 11) is 4.43. The molecule has 0 bridgehead atoms. The lowest BCUT2D eigenvalue weighted by atomic mass is 9.69. The summed E-state index contributed by atoms with van der Waals surface area (Å²) in [4.78, 5) is 13.5. The van der Waals surface area contributed by atoms with E-state index in [-0.39, 0.29) is 5.75 Å². The monoisotopic (exact) mass is 490 g/mol. The van der Waals surface area contributed by atoms with E-state index in [9.17, 15) is 15.0 Å². The van der Waals surface area contributed by atoms with Gasteiger partial charge in [-0.3, -0.25) is 4.79 Å². The number of hydrogen-bond acceptors (Lipinski definition) is 7. The van der Waals surface area contributed by atoms with E-state index in [0.717, 1.165) is 5.56 Å². The Morgan fingerprint density at radius 3 is 2.28 bits per heavy atom. The van der Waals surface area contributed by atoms with Crippen molar-refractivity contribution in [3.8, 4) is 23.0 Å².